The molecule has 0 rings (SSSR count). The van der Waals surface area contributed by atoms with Crippen molar-refractivity contribution in [3.63, 3.8) is 0 Å². The van der Waals surface area contributed by atoms with Crippen molar-refractivity contribution in [2.75, 3.05) is 13.1 Å². The second-order valence-corrected chi connectivity index (χ2v) is 9.23. The van der Waals surface area contributed by atoms with E-state index in [0.29, 0.717) is 0 Å². The fourth-order valence-corrected chi connectivity index (χ4v) is 2.71. The van der Waals surface area contributed by atoms with E-state index in [2.05, 4.69) is 37.7 Å². The van der Waals surface area contributed by atoms with Crippen molar-refractivity contribution in [1.82, 2.24) is 4.57 Å². The van der Waals surface area contributed by atoms with Gasteiger partial charge in [0.1, 0.15) is 8.24 Å². The highest BCUT2D eigenvalue weighted by atomic mass is 28.3. The van der Waals surface area contributed by atoms with Gasteiger partial charge in [0.2, 0.25) is 0 Å². The SMILES string of the molecule is C=CCN(CCCC)[Si](C)(C)C. The van der Waals surface area contributed by atoms with Crippen LogP contribution in [0, 0.1) is 0 Å². The average molecular weight is 185 g/mol. The van der Waals surface area contributed by atoms with Crippen molar-refractivity contribution in [1.29, 1.82) is 0 Å². The Labute approximate surface area is 78.6 Å². The predicted molar refractivity (Wildman–Crippen MR) is 60.0 cm³/mol. The molecule has 1 nitrogen and oxygen atoms in total. The highest BCUT2D eigenvalue weighted by Crippen LogP contribution is 2.10. The number of rotatable bonds is 6. The molecule has 0 aliphatic carbocycles. The first-order valence-electron chi connectivity index (χ1n) is 4.88. The van der Waals surface area contributed by atoms with Crippen LogP contribution < -0.4 is 0 Å². The van der Waals surface area contributed by atoms with Crippen molar-refractivity contribution in [2.45, 2.75) is 39.4 Å². The molecule has 2 heteroatoms. The summed E-state index contributed by atoms with van der Waals surface area (Å²) >= 11 is 0. The van der Waals surface area contributed by atoms with Gasteiger partial charge in [-0.3, -0.25) is 0 Å². The Balaban J connectivity index is 3.94. The van der Waals surface area contributed by atoms with Crippen molar-refractivity contribution in [3.8, 4) is 0 Å². The van der Waals surface area contributed by atoms with E-state index < -0.39 is 8.24 Å². The summed E-state index contributed by atoms with van der Waals surface area (Å²) in [6.07, 6.45) is 4.63. The first kappa shape index (κ1) is 11.9. The van der Waals surface area contributed by atoms with Gasteiger partial charge in [-0.05, 0) is 13.0 Å². The quantitative estimate of drug-likeness (QED) is 0.454. The highest BCUT2D eigenvalue weighted by molar-refractivity contribution is 6.73. The third-order valence-corrected chi connectivity index (χ3v) is 4.38. The van der Waals surface area contributed by atoms with E-state index in [1.54, 1.807) is 0 Å². The molecule has 12 heavy (non-hydrogen) atoms. The van der Waals surface area contributed by atoms with Crippen LogP contribution in [0.1, 0.15) is 19.8 Å². The normalized spacial score (nSPS) is 12.1. The molecule has 0 bridgehead atoms. The smallest absolute Gasteiger partial charge is 0.119 e. The zero-order valence-electron chi connectivity index (χ0n) is 9.06. The van der Waals surface area contributed by atoms with Crippen LogP contribution in [0.2, 0.25) is 19.6 Å². The van der Waals surface area contributed by atoms with Gasteiger partial charge in [-0.1, -0.05) is 39.1 Å². The Hall–Kier alpha value is -0.0831. The molecule has 0 spiro atoms. The summed E-state index contributed by atoms with van der Waals surface area (Å²) < 4.78 is 2.60. The molecular formula is C10H23NSi. The summed E-state index contributed by atoms with van der Waals surface area (Å²) in [6.45, 7) is 15.5. The highest BCUT2D eigenvalue weighted by Gasteiger charge is 2.21. The Morgan fingerprint density at radius 1 is 1.33 bits per heavy atom. The van der Waals surface area contributed by atoms with E-state index in [0.717, 1.165) is 6.54 Å². The standard InChI is InChI=1S/C10H23NSi/c1-6-8-10-11(9-7-2)12(3,4)5/h7H,2,6,8-10H2,1,3-5H3. The van der Waals surface area contributed by atoms with Crippen molar-refractivity contribution < 1.29 is 0 Å². The third-order valence-electron chi connectivity index (χ3n) is 2.08. The molecule has 0 aliphatic heterocycles. The molecular weight excluding hydrogens is 162 g/mol. The van der Waals surface area contributed by atoms with Gasteiger partial charge >= 0.3 is 0 Å². The number of hydrogen-bond donors (Lipinski definition) is 0. The molecule has 0 atom stereocenters. The zero-order chi connectivity index (χ0) is 9.61. The third kappa shape index (κ3) is 4.73. The molecule has 0 amide bonds. The molecule has 0 saturated heterocycles. The van der Waals surface area contributed by atoms with Gasteiger partial charge in [0.25, 0.3) is 0 Å². The minimum atomic E-state index is -1.08. The summed E-state index contributed by atoms with van der Waals surface area (Å²) in [5.41, 5.74) is 0. The van der Waals surface area contributed by atoms with Gasteiger partial charge in [0, 0.05) is 6.54 Å². The van der Waals surface area contributed by atoms with E-state index in [1.807, 2.05) is 6.08 Å². The minimum absolute atomic E-state index is 1.07. The first-order valence-corrected chi connectivity index (χ1v) is 8.33. The van der Waals surface area contributed by atoms with Crippen LogP contribution in [-0.4, -0.2) is 25.9 Å². The summed E-state index contributed by atoms with van der Waals surface area (Å²) in [6, 6.07) is 0. The molecule has 72 valence electrons. The molecule has 0 fully saturated rings. The lowest BCUT2D eigenvalue weighted by molar-refractivity contribution is 0.451. The summed E-state index contributed by atoms with van der Waals surface area (Å²) in [5, 5.41) is 0. The molecule has 0 aliphatic rings. The predicted octanol–water partition coefficient (Wildman–Crippen LogP) is 3.11. The lowest BCUT2D eigenvalue weighted by atomic mass is 10.3. The lowest BCUT2D eigenvalue weighted by Crippen LogP contribution is -2.46. The van der Waals surface area contributed by atoms with E-state index in [1.165, 1.54) is 19.4 Å². The molecule has 0 aromatic carbocycles. The van der Waals surface area contributed by atoms with E-state index in [9.17, 15) is 0 Å². The molecule has 0 unspecified atom stereocenters. The van der Waals surface area contributed by atoms with Gasteiger partial charge in [0.05, 0.1) is 0 Å². The largest absolute Gasteiger partial charge is 0.321 e. The van der Waals surface area contributed by atoms with Gasteiger partial charge in [-0.2, -0.15) is 0 Å². The molecule has 0 radical (unpaired) electrons. The maximum Gasteiger partial charge on any atom is 0.119 e. The van der Waals surface area contributed by atoms with Crippen LogP contribution in [0.3, 0.4) is 0 Å². The van der Waals surface area contributed by atoms with Gasteiger partial charge < -0.3 is 4.57 Å². The number of hydrogen-bond acceptors (Lipinski definition) is 1. The van der Waals surface area contributed by atoms with Crippen LogP contribution in [-0.2, 0) is 0 Å². The Bertz CT molecular complexity index is 126. The summed E-state index contributed by atoms with van der Waals surface area (Å²) in [7, 11) is -1.08. The maximum atomic E-state index is 3.80. The second-order valence-electron chi connectivity index (χ2n) is 4.26. The van der Waals surface area contributed by atoms with Crippen LogP contribution >= 0.6 is 0 Å². The van der Waals surface area contributed by atoms with Gasteiger partial charge in [0.15, 0.2) is 0 Å². The topological polar surface area (TPSA) is 3.24 Å². The average Bonchev–Trinajstić information content (AvgIpc) is 1.95. The Kier molecular flexibility index (Phi) is 5.50. The molecule has 0 saturated carbocycles. The zero-order valence-corrected chi connectivity index (χ0v) is 10.1. The summed E-state index contributed by atoms with van der Waals surface area (Å²) in [5.74, 6) is 0. The Morgan fingerprint density at radius 2 is 1.92 bits per heavy atom. The molecule has 0 heterocycles. The molecule has 0 aromatic heterocycles. The van der Waals surface area contributed by atoms with Crippen molar-refractivity contribution in [2.24, 2.45) is 0 Å². The monoisotopic (exact) mass is 185 g/mol. The van der Waals surface area contributed by atoms with Crippen LogP contribution in [0.25, 0.3) is 0 Å². The van der Waals surface area contributed by atoms with Gasteiger partial charge in [-0.25, -0.2) is 0 Å². The molecule has 0 aromatic rings. The van der Waals surface area contributed by atoms with E-state index >= 15 is 0 Å². The van der Waals surface area contributed by atoms with Crippen LogP contribution in [0.15, 0.2) is 12.7 Å². The summed E-state index contributed by atoms with van der Waals surface area (Å²) in [4.78, 5) is 0. The number of unbranched alkanes of at least 4 members (excludes halogenated alkanes) is 1. The fourth-order valence-electron chi connectivity index (χ4n) is 1.21. The first-order chi connectivity index (χ1) is 5.52. The minimum Gasteiger partial charge on any atom is -0.321 e. The lowest BCUT2D eigenvalue weighted by Gasteiger charge is -2.33. The second kappa shape index (κ2) is 5.54. The van der Waals surface area contributed by atoms with Crippen LogP contribution in [0.4, 0.5) is 0 Å². The van der Waals surface area contributed by atoms with Gasteiger partial charge in [-0.15, -0.1) is 6.58 Å². The Morgan fingerprint density at radius 3 is 2.25 bits per heavy atom. The van der Waals surface area contributed by atoms with E-state index in [-0.39, 0.29) is 0 Å². The van der Waals surface area contributed by atoms with Crippen molar-refractivity contribution >= 4 is 8.24 Å². The van der Waals surface area contributed by atoms with E-state index in [4.69, 9.17) is 0 Å². The van der Waals surface area contributed by atoms with Crippen molar-refractivity contribution in [3.05, 3.63) is 12.7 Å². The fraction of sp³-hybridized carbons (Fsp3) is 0.800. The maximum absolute atomic E-state index is 3.80. The molecule has 0 N–H and O–H groups in total. The van der Waals surface area contributed by atoms with Crippen LogP contribution in [0.5, 0.6) is 0 Å². The number of nitrogens with zero attached hydrogens (tertiary/aromatic N) is 1.